The quantitative estimate of drug-likeness (QED) is 0.446. The third kappa shape index (κ3) is 4.51. The number of Topliss-reactive ketones (excluding diaryl/α,β-unsaturated/α-hetero) is 1. The summed E-state index contributed by atoms with van der Waals surface area (Å²) in [6, 6.07) is 8.92. The van der Waals surface area contributed by atoms with Crippen LogP contribution in [-0.4, -0.2) is 23.8 Å². The fourth-order valence-corrected chi connectivity index (χ4v) is 7.46. The van der Waals surface area contributed by atoms with Gasteiger partial charge in [-0.25, -0.2) is 9.78 Å². The molecule has 1 aromatic carbocycles. The second-order valence-corrected chi connectivity index (χ2v) is 13.0. The van der Waals surface area contributed by atoms with E-state index in [0.29, 0.717) is 24.4 Å². The Hall–Kier alpha value is -1.23. The van der Waals surface area contributed by atoms with Crippen LogP contribution in [0.1, 0.15) is 103 Å². The Labute approximate surface area is 206 Å². The van der Waals surface area contributed by atoms with Gasteiger partial charge in [0.25, 0.3) is 0 Å². The van der Waals surface area contributed by atoms with Crippen LogP contribution in [0.25, 0.3) is 0 Å². The fraction of sp³-hybridized carbons (Fsp3) is 0.767. The van der Waals surface area contributed by atoms with Gasteiger partial charge in [0.05, 0.1) is 6.61 Å². The van der Waals surface area contributed by atoms with Crippen molar-refractivity contribution in [3.8, 4) is 0 Å². The van der Waals surface area contributed by atoms with Crippen molar-refractivity contribution in [2.75, 3.05) is 6.61 Å². The molecule has 5 unspecified atom stereocenters. The van der Waals surface area contributed by atoms with Gasteiger partial charge < -0.3 is 4.74 Å². The summed E-state index contributed by atoms with van der Waals surface area (Å²) in [6.07, 6.45) is 9.77. The molecule has 2 spiro atoms. The van der Waals surface area contributed by atoms with Gasteiger partial charge in [0.2, 0.25) is 5.79 Å². The molecule has 5 rings (SSSR count). The highest BCUT2D eigenvalue weighted by Crippen LogP contribution is 2.55. The van der Waals surface area contributed by atoms with E-state index in [1.165, 1.54) is 36.8 Å². The minimum Gasteiger partial charge on any atom is -0.344 e. The highest BCUT2D eigenvalue weighted by molar-refractivity contribution is 5.81. The SMILES string of the molecule is CC(=O)C(C)(C)Cc1ccc(C2CCC3(CC2)OCC2(OO3)C(C)CC3CC(C)CC2C3)cc1. The van der Waals surface area contributed by atoms with Crippen molar-refractivity contribution in [2.45, 2.75) is 110 Å². The van der Waals surface area contributed by atoms with Crippen molar-refractivity contribution < 1.29 is 19.3 Å². The molecule has 5 atom stereocenters. The van der Waals surface area contributed by atoms with E-state index in [0.717, 1.165) is 43.9 Å². The van der Waals surface area contributed by atoms with Crippen LogP contribution in [0.15, 0.2) is 24.3 Å². The maximum absolute atomic E-state index is 11.9. The zero-order valence-electron chi connectivity index (χ0n) is 21.9. The lowest BCUT2D eigenvalue weighted by molar-refractivity contribution is -0.534. The Balaban J connectivity index is 1.18. The highest BCUT2D eigenvalue weighted by Gasteiger charge is 2.58. The van der Waals surface area contributed by atoms with Crippen LogP contribution in [0.5, 0.6) is 0 Å². The topological polar surface area (TPSA) is 44.8 Å². The molecule has 3 saturated carbocycles. The van der Waals surface area contributed by atoms with Crippen LogP contribution < -0.4 is 0 Å². The van der Waals surface area contributed by atoms with Gasteiger partial charge in [-0.1, -0.05) is 52.0 Å². The van der Waals surface area contributed by atoms with Gasteiger partial charge in [-0.3, -0.25) is 4.79 Å². The van der Waals surface area contributed by atoms with E-state index in [9.17, 15) is 4.79 Å². The van der Waals surface area contributed by atoms with E-state index >= 15 is 0 Å². The number of rotatable bonds is 4. The zero-order chi connectivity index (χ0) is 24.1. The Bertz CT molecular complexity index is 866. The summed E-state index contributed by atoms with van der Waals surface area (Å²) >= 11 is 0. The molecule has 1 aromatic rings. The molecular formula is C30H44O4. The molecular weight excluding hydrogens is 424 g/mol. The summed E-state index contributed by atoms with van der Waals surface area (Å²) in [6.45, 7) is 11.2. The van der Waals surface area contributed by atoms with Gasteiger partial charge >= 0.3 is 0 Å². The van der Waals surface area contributed by atoms with Crippen LogP contribution >= 0.6 is 0 Å². The van der Waals surface area contributed by atoms with Crippen molar-refractivity contribution in [3.05, 3.63) is 35.4 Å². The van der Waals surface area contributed by atoms with Gasteiger partial charge in [-0.05, 0) is 92.6 Å². The maximum atomic E-state index is 11.9. The number of carbonyl (C=O) groups is 1. The molecule has 3 aliphatic carbocycles. The first kappa shape index (κ1) is 24.5. The monoisotopic (exact) mass is 468 g/mol. The third-order valence-corrected chi connectivity index (χ3v) is 9.96. The molecule has 4 heteroatoms. The molecule has 188 valence electrons. The van der Waals surface area contributed by atoms with E-state index in [4.69, 9.17) is 14.5 Å². The minimum atomic E-state index is -0.565. The van der Waals surface area contributed by atoms with Gasteiger partial charge in [0.1, 0.15) is 11.4 Å². The first-order valence-corrected chi connectivity index (χ1v) is 13.7. The van der Waals surface area contributed by atoms with Crippen molar-refractivity contribution in [1.29, 1.82) is 0 Å². The number of ether oxygens (including phenoxy) is 1. The summed E-state index contributed by atoms with van der Waals surface area (Å²) in [5.41, 5.74) is 2.06. The summed E-state index contributed by atoms with van der Waals surface area (Å²) < 4.78 is 6.60. The molecule has 0 amide bonds. The summed E-state index contributed by atoms with van der Waals surface area (Å²) in [7, 11) is 0. The Morgan fingerprint density at radius 2 is 1.71 bits per heavy atom. The number of fused-ring (bicyclic) bond motifs is 3. The fourth-order valence-electron chi connectivity index (χ4n) is 7.46. The minimum absolute atomic E-state index is 0.242. The molecule has 4 fully saturated rings. The van der Waals surface area contributed by atoms with Gasteiger partial charge in [0, 0.05) is 18.3 Å². The predicted octanol–water partition coefficient (Wildman–Crippen LogP) is 7.01. The highest BCUT2D eigenvalue weighted by atomic mass is 17.2. The van der Waals surface area contributed by atoms with Gasteiger partial charge in [0.15, 0.2) is 0 Å². The number of ketones is 1. The van der Waals surface area contributed by atoms with Crippen molar-refractivity contribution >= 4 is 5.78 Å². The number of hydrogen-bond acceptors (Lipinski definition) is 4. The number of carbonyl (C=O) groups excluding carboxylic acids is 1. The van der Waals surface area contributed by atoms with E-state index in [-0.39, 0.29) is 16.8 Å². The Kier molecular flexibility index (Phi) is 6.49. The smallest absolute Gasteiger partial charge is 0.201 e. The predicted molar refractivity (Wildman–Crippen MR) is 133 cm³/mol. The van der Waals surface area contributed by atoms with E-state index in [1.807, 2.05) is 13.8 Å². The summed E-state index contributed by atoms with van der Waals surface area (Å²) in [5, 5.41) is 0. The summed E-state index contributed by atoms with van der Waals surface area (Å²) in [4.78, 5) is 24.5. The maximum Gasteiger partial charge on any atom is 0.201 e. The molecule has 4 nitrogen and oxygen atoms in total. The number of benzene rings is 1. The zero-order valence-corrected chi connectivity index (χ0v) is 21.9. The van der Waals surface area contributed by atoms with E-state index < -0.39 is 5.79 Å². The molecule has 0 N–H and O–H groups in total. The van der Waals surface area contributed by atoms with E-state index in [2.05, 4.69) is 38.1 Å². The standard InChI is InChI=1S/C30H44O4/c1-20-14-24-16-21(2)30(27(15-20)17-24)19-32-29(33-34-30)12-10-26(11-13-29)25-8-6-23(7-9-25)18-28(4,5)22(3)31/h6-9,20-21,24,26-27H,10-19H2,1-5H3. The summed E-state index contributed by atoms with van der Waals surface area (Å²) in [5.74, 6) is 2.88. The lowest BCUT2D eigenvalue weighted by atomic mass is 9.58. The second kappa shape index (κ2) is 9.01. The van der Waals surface area contributed by atoms with Crippen molar-refractivity contribution in [2.24, 2.45) is 29.1 Å². The molecule has 1 heterocycles. The van der Waals surface area contributed by atoms with Crippen LogP contribution in [0.4, 0.5) is 0 Å². The first-order chi connectivity index (χ1) is 16.1. The third-order valence-electron chi connectivity index (χ3n) is 9.96. The Morgan fingerprint density at radius 3 is 2.32 bits per heavy atom. The molecule has 2 bridgehead atoms. The largest absolute Gasteiger partial charge is 0.344 e. The second-order valence-electron chi connectivity index (χ2n) is 13.0. The van der Waals surface area contributed by atoms with Crippen LogP contribution in [0.2, 0.25) is 0 Å². The molecule has 0 aromatic heterocycles. The molecule has 34 heavy (non-hydrogen) atoms. The lowest BCUT2D eigenvalue weighted by Gasteiger charge is -2.57. The van der Waals surface area contributed by atoms with Crippen LogP contribution in [0, 0.1) is 29.1 Å². The number of hydrogen-bond donors (Lipinski definition) is 0. The normalized spacial score (nSPS) is 40.4. The van der Waals surface area contributed by atoms with Crippen molar-refractivity contribution in [1.82, 2.24) is 0 Å². The van der Waals surface area contributed by atoms with Crippen LogP contribution in [0.3, 0.4) is 0 Å². The average molecular weight is 469 g/mol. The van der Waals surface area contributed by atoms with Crippen LogP contribution in [-0.2, 0) is 25.7 Å². The van der Waals surface area contributed by atoms with Gasteiger partial charge in [-0.2, -0.15) is 0 Å². The van der Waals surface area contributed by atoms with Crippen molar-refractivity contribution in [3.63, 3.8) is 0 Å². The first-order valence-electron chi connectivity index (χ1n) is 13.7. The molecule has 1 saturated heterocycles. The molecule has 1 aliphatic heterocycles. The van der Waals surface area contributed by atoms with Gasteiger partial charge in [-0.15, -0.1) is 0 Å². The molecule has 0 radical (unpaired) electrons. The van der Waals surface area contributed by atoms with E-state index in [1.54, 1.807) is 6.92 Å². The molecule has 4 aliphatic rings. The lowest BCUT2D eigenvalue weighted by Crippen LogP contribution is -2.62. The average Bonchev–Trinajstić information content (AvgIpc) is 2.79. The Morgan fingerprint density at radius 1 is 1.00 bits per heavy atom.